The lowest BCUT2D eigenvalue weighted by Crippen LogP contribution is -2.39. The predicted molar refractivity (Wildman–Crippen MR) is 129 cm³/mol. The summed E-state index contributed by atoms with van der Waals surface area (Å²) in [5.41, 5.74) is 1.31. The molecule has 0 spiro atoms. The van der Waals surface area contributed by atoms with Crippen LogP contribution in [-0.4, -0.2) is 55.9 Å². The number of para-hydroxylation sites is 1. The maximum absolute atomic E-state index is 13.3. The van der Waals surface area contributed by atoms with Crippen molar-refractivity contribution in [3.05, 3.63) is 62.4 Å². The van der Waals surface area contributed by atoms with Crippen LogP contribution in [0.1, 0.15) is 17.7 Å². The Labute approximate surface area is 201 Å². The third kappa shape index (κ3) is 4.80. The van der Waals surface area contributed by atoms with Crippen molar-refractivity contribution in [2.24, 2.45) is 0 Å². The minimum Gasteiger partial charge on any atom is -0.478 e. The van der Waals surface area contributed by atoms with Gasteiger partial charge >= 0.3 is 0 Å². The van der Waals surface area contributed by atoms with Crippen LogP contribution in [-0.2, 0) is 11.3 Å². The summed E-state index contributed by atoms with van der Waals surface area (Å²) in [5.74, 6) is 1.99. The Morgan fingerprint density at radius 1 is 1.06 bits per heavy atom. The highest BCUT2D eigenvalue weighted by atomic mass is 79.9. The van der Waals surface area contributed by atoms with E-state index in [9.17, 15) is 4.79 Å². The zero-order valence-corrected chi connectivity index (χ0v) is 20.2. The van der Waals surface area contributed by atoms with Gasteiger partial charge in [-0.05, 0) is 60.1 Å². The summed E-state index contributed by atoms with van der Waals surface area (Å²) in [6.07, 6.45) is 1.05. The van der Waals surface area contributed by atoms with E-state index < -0.39 is 0 Å². The van der Waals surface area contributed by atoms with Crippen LogP contribution in [0.5, 0.6) is 17.2 Å². The Morgan fingerprint density at radius 2 is 1.85 bits per heavy atom. The Hall–Kier alpha value is -2.39. The van der Waals surface area contributed by atoms with Crippen molar-refractivity contribution in [2.45, 2.75) is 19.9 Å². The minimum atomic E-state index is -0.184. The van der Waals surface area contributed by atoms with Gasteiger partial charge in [0.2, 0.25) is 11.2 Å². The molecule has 0 bridgehead atoms. The SMILES string of the molecule is Cc1oc2c3c(ccc2c(=O)c1Oc1ccccc1Br)OCN(CCCN1CCOCC1)C3. The summed E-state index contributed by atoms with van der Waals surface area (Å²) in [5, 5.41) is 0.500. The fraction of sp³-hybridized carbons (Fsp3) is 0.400. The summed E-state index contributed by atoms with van der Waals surface area (Å²) < 4.78 is 24.3. The van der Waals surface area contributed by atoms with Crippen molar-refractivity contribution in [1.29, 1.82) is 0 Å². The van der Waals surface area contributed by atoms with E-state index in [0.717, 1.165) is 61.6 Å². The van der Waals surface area contributed by atoms with E-state index in [-0.39, 0.29) is 11.2 Å². The molecule has 174 valence electrons. The highest BCUT2D eigenvalue weighted by molar-refractivity contribution is 9.10. The molecule has 0 aliphatic carbocycles. The van der Waals surface area contributed by atoms with E-state index in [0.29, 0.717) is 35.8 Å². The van der Waals surface area contributed by atoms with Crippen LogP contribution >= 0.6 is 15.9 Å². The van der Waals surface area contributed by atoms with Gasteiger partial charge in [0.15, 0.2) is 0 Å². The van der Waals surface area contributed by atoms with E-state index in [1.807, 2.05) is 30.3 Å². The first-order chi connectivity index (χ1) is 16.1. The number of hydrogen-bond donors (Lipinski definition) is 0. The van der Waals surface area contributed by atoms with E-state index in [2.05, 4.69) is 25.7 Å². The smallest absolute Gasteiger partial charge is 0.235 e. The van der Waals surface area contributed by atoms with Gasteiger partial charge < -0.3 is 18.6 Å². The molecule has 1 saturated heterocycles. The molecule has 8 heteroatoms. The van der Waals surface area contributed by atoms with Crippen molar-refractivity contribution in [3.8, 4) is 17.2 Å². The largest absolute Gasteiger partial charge is 0.478 e. The van der Waals surface area contributed by atoms with E-state index in [4.69, 9.17) is 18.6 Å². The lowest BCUT2D eigenvalue weighted by atomic mass is 10.1. The van der Waals surface area contributed by atoms with E-state index >= 15 is 0 Å². The number of morpholine rings is 1. The normalized spacial score (nSPS) is 17.0. The topological polar surface area (TPSA) is 64.4 Å². The van der Waals surface area contributed by atoms with E-state index in [1.165, 1.54) is 0 Å². The molecule has 3 aromatic rings. The number of aryl methyl sites for hydroxylation is 1. The molecule has 5 rings (SSSR count). The maximum Gasteiger partial charge on any atom is 0.235 e. The van der Waals surface area contributed by atoms with Crippen LogP contribution in [0, 0.1) is 6.92 Å². The lowest BCUT2D eigenvalue weighted by Gasteiger charge is -2.31. The van der Waals surface area contributed by atoms with Crippen LogP contribution in [0.2, 0.25) is 0 Å². The molecule has 7 nitrogen and oxygen atoms in total. The molecule has 0 atom stereocenters. The molecule has 2 aromatic carbocycles. The van der Waals surface area contributed by atoms with Crippen LogP contribution in [0.25, 0.3) is 11.0 Å². The molecule has 0 radical (unpaired) electrons. The Kier molecular flexibility index (Phi) is 6.69. The molecule has 0 unspecified atom stereocenters. The van der Waals surface area contributed by atoms with Crippen LogP contribution in [0.4, 0.5) is 0 Å². The molecule has 2 aliphatic rings. The summed E-state index contributed by atoms with van der Waals surface area (Å²) in [6, 6.07) is 11.1. The summed E-state index contributed by atoms with van der Waals surface area (Å²) >= 11 is 3.47. The second kappa shape index (κ2) is 9.85. The standard InChI is InChI=1S/C25H27BrN2O5/c1-17-24(33-22-6-3-2-5-20(22)26)23(29)18-7-8-21-19(25(18)32-17)15-28(16-31-21)10-4-9-27-11-13-30-14-12-27/h2-3,5-8H,4,9-16H2,1H3. The summed E-state index contributed by atoms with van der Waals surface area (Å²) in [4.78, 5) is 18.0. The lowest BCUT2D eigenvalue weighted by molar-refractivity contribution is 0.0330. The minimum absolute atomic E-state index is 0.184. The molecule has 2 aliphatic heterocycles. The van der Waals surface area contributed by atoms with Gasteiger partial charge in [0.05, 0.1) is 28.6 Å². The van der Waals surface area contributed by atoms with Crippen molar-refractivity contribution < 1.29 is 18.6 Å². The first-order valence-electron chi connectivity index (χ1n) is 11.3. The van der Waals surface area contributed by atoms with Gasteiger partial charge in [0.1, 0.15) is 29.6 Å². The molecule has 0 amide bonds. The van der Waals surface area contributed by atoms with Crippen LogP contribution in [0.3, 0.4) is 0 Å². The summed E-state index contributed by atoms with van der Waals surface area (Å²) in [6.45, 7) is 8.57. The molecule has 0 N–H and O–H groups in total. The van der Waals surface area contributed by atoms with Crippen molar-refractivity contribution in [2.75, 3.05) is 46.1 Å². The molecule has 1 fully saturated rings. The highest BCUT2D eigenvalue weighted by Gasteiger charge is 2.24. The number of ether oxygens (including phenoxy) is 3. The van der Waals surface area contributed by atoms with Gasteiger partial charge in [-0.3, -0.25) is 14.6 Å². The van der Waals surface area contributed by atoms with Gasteiger partial charge in [-0.15, -0.1) is 0 Å². The van der Waals surface area contributed by atoms with Gasteiger partial charge in [-0.2, -0.15) is 0 Å². The number of nitrogens with zero attached hydrogens (tertiary/aromatic N) is 2. The second-order valence-corrected chi connectivity index (χ2v) is 9.26. The quantitative estimate of drug-likeness (QED) is 0.478. The van der Waals surface area contributed by atoms with Gasteiger partial charge in [-0.1, -0.05) is 12.1 Å². The molecule has 33 heavy (non-hydrogen) atoms. The zero-order valence-electron chi connectivity index (χ0n) is 18.6. The van der Waals surface area contributed by atoms with Gasteiger partial charge in [-0.25, -0.2) is 0 Å². The first-order valence-corrected chi connectivity index (χ1v) is 12.1. The van der Waals surface area contributed by atoms with Crippen molar-refractivity contribution in [1.82, 2.24) is 9.80 Å². The highest BCUT2D eigenvalue weighted by Crippen LogP contribution is 2.35. The number of halogens is 1. The molecule has 0 saturated carbocycles. The third-order valence-electron chi connectivity index (χ3n) is 6.13. The van der Waals surface area contributed by atoms with Crippen LogP contribution in [0.15, 0.2) is 50.1 Å². The number of hydrogen-bond acceptors (Lipinski definition) is 7. The fourth-order valence-corrected chi connectivity index (χ4v) is 4.71. The second-order valence-electron chi connectivity index (χ2n) is 8.40. The molecular weight excluding hydrogens is 488 g/mol. The number of rotatable bonds is 6. The molecular formula is C25H27BrN2O5. The third-order valence-corrected chi connectivity index (χ3v) is 6.78. The fourth-order valence-electron chi connectivity index (χ4n) is 4.34. The van der Waals surface area contributed by atoms with E-state index in [1.54, 1.807) is 13.0 Å². The number of fused-ring (bicyclic) bond motifs is 3. The van der Waals surface area contributed by atoms with Gasteiger partial charge in [0.25, 0.3) is 0 Å². The molecule has 1 aromatic heterocycles. The molecule has 3 heterocycles. The maximum atomic E-state index is 13.3. The van der Waals surface area contributed by atoms with Crippen molar-refractivity contribution in [3.63, 3.8) is 0 Å². The average molecular weight is 515 g/mol. The average Bonchev–Trinajstić information content (AvgIpc) is 2.83. The van der Waals surface area contributed by atoms with Crippen LogP contribution < -0.4 is 14.9 Å². The Bertz CT molecular complexity index is 1210. The monoisotopic (exact) mass is 514 g/mol. The predicted octanol–water partition coefficient (Wildman–Crippen LogP) is 4.53. The van der Waals surface area contributed by atoms with Crippen molar-refractivity contribution >= 4 is 26.9 Å². The zero-order chi connectivity index (χ0) is 22.8. The first kappa shape index (κ1) is 22.4. The Morgan fingerprint density at radius 3 is 2.67 bits per heavy atom. The number of benzene rings is 2. The van der Waals surface area contributed by atoms with Gasteiger partial charge in [0, 0.05) is 26.2 Å². The summed E-state index contributed by atoms with van der Waals surface area (Å²) in [7, 11) is 0. The Balaban J connectivity index is 1.37.